The van der Waals surface area contributed by atoms with Crippen LogP contribution in [0.4, 0.5) is 4.79 Å². The molecule has 0 aromatic heterocycles. The number of amides is 1. The van der Waals surface area contributed by atoms with Crippen molar-refractivity contribution in [2.24, 2.45) is 5.84 Å². The number of carbonyl (C=O) groups excluding carboxylic acids is 1. The first kappa shape index (κ1) is 10.3. The molecule has 0 aromatic rings. The second-order valence-electron chi connectivity index (χ2n) is 3.12. The molecule has 0 saturated carbocycles. The lowest BCUT2D eigenvalue weighted by Gasteiger charge is -2.36. The van der Waals surface area contributed by atoms with Gasteiger partial charge in [-0.3, -0.25) is 0 Å². The molecule has 0 spiro atoms. The van der Waals surface area contributed by atoms with Crippen LogP contribution in [0.5, 0.6) is 0 Å². The van der Waals surface area contributed by atoms with Gasteiger partial charge in [0, 0.05) is 13.1 Å². The van der Waals surface area contributed by atoms with Crippen LogP contribution in [0.3, 0.4) is 0 Å². The number of nitrogens with zero attached hydrogens (tertiary/aromatic N) is 2. The lowest BCUT2D eigenvalue weighted by atomic mass is 10.3. The Bertz CT molecular complexity index is 171. The number of rotatable bonds is 4. The molecule has 0 unspecified atom stereocenters. The van der Waals surface area contributed by atoms with Crippen molar-refractivity contribution >= 4 is 6.09 Å². The summed E-state index contributed by atoms with van der Waals surface area (Å²) in [6, 6.07) is 0. The quantitative estimate of drug-likeness (QED) is 0.305. The van der Waals surface area contributed by atoms with Crippen LogP contribution in [-0.4, -0.2) is 35.9 Å². The number of hydrogen-bond donors (Lipinski definition) is 1. The fourth-order valence-corrected chi connectivity index (χ4v) is 1.00. The van der Waals surface area contributed by atoms with E-state index in [0.29, 0.717) is 6.61 Å². The summed E-state index contributed by atoms with van der Waals surface area (Å²) in [5, 5.41) is 2.83. The third-order valence-corrected chi connectivity index (χ3v) is 2.05. The third kappa shape index (κ3) is 2.86. The Hall–Kier alpha value is -0.810. The topological polar surface area (TPSA) is 58.8 Å². The number of hydrazine groups is 2. The van der Waals surface area contributed by atoms with E-state index in [4.69, 9.17) is 10.6 Å². The Morgan fingerprint density at radius 1 is 1.62 bits per heavy atom. The molecule has 1 aliphatic heterocycles. The van der Waals surface area contributed by atoms with E-state index >= 15 is 0 Å². The maximum absolute atomic E-state index is 11.2. The molecule has 76 valence electrons. The van der Waals surface area contributed by atoms with Gasteiger partial charge in [-0.1, -0.05) is 13.3 Å². The highest BCUT2D eigenvalue weighted by molar-refractivity contribution is 5.66. The molecule has 0 atom stereocenters. The molecule has 1 heterocycles. The SMILES string of the molecule is CCCCOC(=O)N(N)N1CCC1. The van der Waals surface area contributed by atoms with Gasteiger partial charge in [0.1, 0.15) is 0 Å². The number of carbonyl (C=O) groups is 1. The van der Waals surface area contributed by atoms with Crippen LogP contribution in [0.2, 0.25) is 0 Å². The van der Waals surface area contributed by atoms with Crippen molar-refractivity contribution in [1.29, 1.82) is 0 Å². The van der Waals surface area contributed by atoms with Crippen LogP contribution in [0, 0.1) is 0 Å². The van der Waals surface area contributed by atoms with Gasteiger partial charge in [0.2, 0.25) is 0 Å². The molecule has 1 fully saturated rings. The highest BCUT2D eigenvalue weighted by Gasteiger charge is 2.24. The second kappa shape index (κ2) is 5.04. The van der Waals surface area contributed by atoms with Gasteiger partial charge >= 0.3 is 6.09 Å². The maximum atomic E-state index is 11.2. The van der Waals surface area contributed by atoms with Crippen LogP contribution >= 0.6 is 0 Å². The van der Waals surface area contributed by atoms with E-state index < -0.39 is 6.09 Å². The van der Waals surface area contributed by atoms with Gasteiger partial charge in [0.15, 0.2) is 0 Å². The largest absolute Gasteiger partial charge is 0.448 e. The smallest absolute Gasteiger partial charge is 0.439 e. The monoisotopic (exact) mass is 187 g/mol. The Balaban J connectivity index is 2.13. The first-order valence-corrected chi connectivity index (χ1v) is 4.72. The predicted molar refractivity (Wildman–Crippen MR) is 48.5 cm³/mol. The maximum Gasteiger partial charge on any atom is 0.439 e. The Morgan fingerprint density at radius 3 is 2.77 bits per heavy atom. The summed E-state index contributed by atoms with van der Waals surface area (Å²) < 4.78 is 4.92. The summed E-state index contributed by atoms with van der Waals surface area (Å²) in [4.78, 5) is 11.2. The van der Waals surface area contributed by atoms with Crippen LogP contribution < -0.4 is 5.84 Å². The van der Waals surface area contributed by atoms with Crippen molar-refractivity contribution in [3.63, 3.8) is 0 Å². The zero-order valence-corrected chi connectivity index (χ0v) is 8.03. The molecular weight excluding hydrogens is 170 g/mol. The van der Waals surface area contributed by atoms with E-state index in [0.717, 1.165) is 37.5 Å². The molecule has 1 aliphatic rings. The lowest BCUT2D eigenvalue weighted by molar-refractivity contribution is -0.0626. The average Bonchev–Trinajstić information content (AvgIpc) is 2.01. The fraction of sp³-hybridized carbons (Fsp3) is 0.875. The molecule has 0 radical (unpaired) electrons. The first-order chi connectivity index (χ1) is 6.25. The van der Waals surface area contributed by atoms with Crippen LogP contribution in [0.15, 0.2) is 0 Å². The summed E-state index contributed by atoms with van der Waals surface area (Å²) >= 11 is 0. The minimum atomic E-state index is -0.451. The summed E-state index contributed by atoms with van der Waals surface area (Å²) in [7, 11) is 0. The number of nitrogens with two attached hydrogens (primary N) is 1. The first-order valence-electron chi connectivity index (χ1n) is 4.72. The van der Waals surface area contributed by atoms with Crippen LogP contribution in [0.25, 0.3) is 0 Å². The van der Waals surface area contributed by atoms with Gasteiger partial charge in [-0.05, 0) is 12.8 Å². The van der Waals surface area contributed by atoms with E-state index in [1.165, 1.54) is 0 Å². The highest BCUT2D eigenvalue weighted by Crippen LogP contribution is 2.07. The van der Waals surface area contributed by atoms with Gasteiger partial charge in [-0.25, -0.2) is 15.6 Å². The molecule has 1 saturated heterocycles. The summed E-state index contributed by atoms with van der Waals surface area (Å²) in [5.74, 6) is 5.49. The van der Waals surface area contributed by atoms with E-state index in [9.17, 15) is 4.79 Å². The number of ether oxygens (including phenoxy) is 1. The summed E-state index contributed by atoms with van der Waals surface area (Å²) in [6.45, 7) is 4.19. The molecule has 0 aromatic carbocycles. The van der Waals surface area contributed by atoms with Crippen LogP contribution in [-0.2, 0) is 4.74 Å². The average molecular weight is 187 g/mol. The molecule has 2 N–H and O–H groups in total. The highest BCUT2D eigenvalue weighted by atomic mass is 16.6. The molecule has 1 amide bonds. The van der Waals surface area contributed by atoms with E-state index in [2.05, 4.69) is 0 Å². The summed E-state index contributed by atoms with van der Waals surface area (Å²) in [5.41, 5.74) is 0. The van der Waals surface area contributed by atoms with Gasteiger partial charge < -0.3 is 4.74 Å². The fourth-order valence-electron chi connectivity index (χ4n) is 1.00. The molecule has 13 heavy (non-hydrogen) atoms. The minimum absolute atomic E-state index is 0.451. The van der Waals surface area contributed by atoms with E-state index in [-0.39, 0.29) is 0 Å². The van der Waals surface area contributed by atoms with Crippen molar-refractivity contribution in [2.75, 3.05) is 19.7 Å². The van der Waals surface area contributed by atoms with E-state index in [1.54, 1.807) is 5.01 Å². The Labute approximate surface area is 78.4 Å². The van der Waals surface area contributed by atoms with Crippen LogP contribution in [0.1, 0.15) is 26.2 Å². The molecular formula is C8H17N3O2. The molecule has 0 aliphatic carbocycles. The van der Waals surface area contributed by atoms with Crippen molar-refractivity contribution in [3.8, 4) is 0 Å². The lowest BCUT2D eigenvalue weighted by Crippen LogP contribution is -2.57. The number of hydrogen-bond acceptors (Lipinski definition) is 4. The van der Waals surface area contributed by atoms with Gasteiger partial charge in [-0.15, -0.1) is 0 Å². The molecule has 5 nitrogen and oxygen atoms in total. The molecule has 1 rings (SSSR count). The predicted octanol–water partition coefficient (Wildman–Crippen LogP) is 0.719. The third-order valence-electron chi connectivity index (χ3n) is 2.05. The van der Waals surface area contributed by atoms with E-state index in [1.807, 2.05) is 6.92 Å². The minimum Gasteiger partial charge on any atom is -0.448 e. The van der Waals surface area contributed by atoms with Gasteiger partial charge in [0.25, 0.3) is 0 Å². The zero-order valence-electron chi connectivity index (χ0n) is 8.03. The Kier molecular flexibility index (Phi) is 3.98. The standard InChI is InChI=1S/C8H17N3O2/c1-2-3-7-13-8(12)11(9)10-5-4-6-10/h2-7,9H2,1H3. The van der Waals surface area contributed by atoms with Crippen molar-refractivity contribution in [1.82, 2.24) is 10.1 Å². The molecule has 0 bridgehead atoms. The second-order valence-corrected chi connectivity index (χ2v) is 3.12. The van der Waals surface area contributed by atoms with Crippen molar-refractivity contribution in [3.05, 3.63) is 0 Å². The molecule has 5 heteroatoms. The van der Waals surface area contributed by atoms with Gasteiger partial charge in [0.05, 0.1) is 6.61 Å². The zero-order chi connectivity index (χ0) is 9.68. The Morgan fingerprint density at radius 2 is 2.31 bits per heavy atom. The van der Waals surface area contributed by atoms with Crippen molar-refractivity contribution in [2.45, 2.75) is 26.2 Å². The van der Waals surface area contributed by atoms with Crippen molar-refractivity contribution < 1.29 is 9.53 Å². The normalized spacial score (nSPS) is 16.5. The van der Waals surface area contributed by atoms with Gasteiger partial charge in [-0.2, -0.15) is 5.12 Å². The number of unbranched alkanes of at least 4 members (excludes halogenated alkanes) is 1. The summed E-state index contributed by atoms with van der Waals surface area (Å²) in [6.07, 6.45) is 2.55.